The maximum atomic E-state index is 12.5. The lowest BCUT2D eigenvalue weighted by Crippen LogP contribution is -2.32. The Labute approximate surface area is 274 Å². The fraction of sp³-hybridized carbons (Fsp3) is 0.270. The third-order valence-corrected chi connectivity index (χ3v) is 8.16. The number of fused-ring (bicyclic) bond motifs is 1. The van der Waals surface area contributed by atoms with Gasteiger partial charge >= 0.3 is 0 Å². The number of aromatic nitrogens is 6. The lowest BCUT2D eigenvalue weighted by Gasteiger charge is -2.31. The van der Waals surface area contributed by atoms with E-state index in [0.717, 1.165) is 66.2 Å². The number of likely N-dealkylation sites (tertiary alicyclic amines) is 1. The lowest BCUT2D eigenvalue weighted by atomic mass is 9.95. The summed E-state index contributed by atoms with van der Waals surface area (Å²) in [6.07, 6.45) is 5.38. The van der Waals surface area contributed by atoms with Gasteiger partial charge in [-0.25, -0.2) is 15.0 Å². The number of nitrogens with one attached hydrogen (secondary N) is 2. The van der Waals surface area contributed by atoms with Crippen LogP contribution in [0.4, 0.5) is 0 Å². The molecule has 2 N–H and O–H groups in total. The highest BCUT2D eigenvalue weighted by Gasteiger charge is 2.24. The number of rotatable bonds is 6. The highest BCUT2D eigenvalue weighted by atomic mass is 35.5. The molecule has 9 heteroatoms. The molecule has 7 rings (SSSR count). The van der Waals surface area contributed by atoms with Crippen LogP contribution in [0.3, 0.4) is 0 Å². The molecule has 1 aliphatic heterocycles. The Balaban J connectivity index is 0.00000100. The van der Waals surface area contributed by atoms with Crippen molar-refractivity contribution in [2.75, 3.05) is 13.1 Å². The summed E-state index contributed by atoms with van der Waals surface area (Å²) in [6, 6.07) is 26.2. The maximum Gasteiger partial charge on any atom is 0.257 e. The van der Waals surface area contributed by atoms with Crippen LogP contribution in [0.2, 0.25) is 5.15 Å². The highest BCUT2D eigenvalue weighted by molar-refractivity contribution is 6.29. The van der Waals surface area contributed by atoms with Gasteiger partial charge in [-0.15, -0.1) is 0 Å². The molecule has 46 heavy (non-hydrogen) atoms. The van der Waals surface area contributed by atoms with Gasteiger partial charge in [-0.3, -0.25) is 14.8 Å². The molecule has 2 aromatic carbocycles. The Bertz CT molecular complexity index is 1890. The Morgan fingerprint density at radius 1 is 0.848 bits per heavy atom. The van der Waals surface area contributed by atoms with E-state index in [0.29, 0.717) is 27.8 Å². The Hall–Kier alpha value is -4.66. The monoisotopic (exact) mass is 633 g/mol. The molecular weight excluding hydrogens is 594 g/mol. The molecule has 1 aliphatic rings. The van der Waals surface area contributed by atoms with Crippen molar-refractivity contribution >= 4 is 22.5 Å². The number of benzene rings is 2. The Morgan fingerprint density at radius 2 is 1.57 bits per heavy atom. The van der Waals surface area contributed by atoms with Crippen LogP contribution in [0.5, 0.6) is 0 Å². The second-order valence-corrected chi connectivity index (χ2v) is 11.0. The number of pyridine rings is 3. The van der Waals surface area contributed by atoms with Crippen LogP contribution in [-0.4, -0.2) is 48.1 Å². The first kappa shape index (κ1) is 32.7. The first-order valence-corrected chi connectivity index (χ1v) is 16.4. The predicted octanol–water partition coefficient (Wildman–Crippen LogP) is 8.52. The van der Waals surface area contributed by atoms with Crippen LogP contribution in [0.25, 0.3) is 44.7 Å². The van der Waals surface area contributed by atoms with Gasteiger partial charge in [0.1, 0.15) is 11.0 Å². The zero-order chi connectivity index (χ0) is 32.5. The molecule has 6 aromatic rings. The van der Waals surface area contributed by atoms with Gasteiger partial charge < -0.3 is 4.98 Å². The molecule has 4 aromatic heterocycles. The minimum absolute atomic E-state index is 0.134. The third kappa shape index (κ3) is 7.41. The van der Waals surface area contributed by atoms with Crippen molar-refractivity contribution in [3.8, 4) is 33.8 Å². The minimum atomic E-state index is -0.134. The largest absolute Gasteiger partial charge is 0.328 e. The number of hydrogen-bond donors (Lipinski definition) is 2. The van der Waals surface area contributed by atoms with E-state index in [1.54, 1.807) is 18.5 Å². The number of H-pyrrole nitrogens is 2. The third-order valence-electron chi connectivity index (χ3n) is 7.93. The zero-order valence-corrected chi connectivity index (χ0v) is 27.6. The van der Waals surface area contributed by atoms with Crippen molar-refractivity contribution in [1.29, 1.82) is 0 Å². The molecule has 0 spiro atoms. The van der Waals surface area contributed by atoms with Gasteiger partial charge in [-0.2, -0.15) is 5.10 Å². The number of aromatic amines is 2. The van der Waals surface area contributed by atoms with Crippen LogP contribution in [-0.2, 0) is 6.54 Å². The second kappa shape index (κ2) is 15.6. The molecule has 0 radical (unpaired) electrons. The van der Waals surface area contributed by atoms with E-state index >= 15 is 0 Å². The number of piperidine rings is 1. The van der Waals surface area contributed by atoms with E-state index in [9.17, 15) is 4.79 Å². The van der Waals surface area contributed by atoms with E-state index in [1.165, 1.54) is 5.56 Å². The summed E-state index contributed by atoms with van der Waals surface area (Å²) in [7, 11) is 0. The molecule has 0 amide bonds. The Kier molecular flexibility index (Phi) is 11.1. The minimum Gasteiger partial charge on any atom is -0.328 e. The molecule has 236 valence electrons. The van der Waals surface area contributed by atoms with Crippen molar-refractivity contribution in [1.82, 2.24) is 35.0 Å². The van der Waals surface area contributed by atoms with E-state index in [-0.39, 0.29) is 5.56 Å². The SMILES string of the molecule is CC.CC.O=c1[nH]ccc2nc(-c3ccc(CN4CCC(c5nc(-c6ccc(Cl)nc6)n[nH]5)CC4)cc3)c(-c3ccccc3)cc12. The molecule has 0 atom stereocenters. The molecule has 8 nitrogen and oxygen atoms in total. The van der Waals surface area contributed by atoms with Crippen molar-refractivity contribution in [2.24, 2.45) is 0 Å². The van der Waals surface area contributed by atoms with Gasteiger partial charge in [0, 0.05) is 41.5 Å². The summed E-state index contributed by atoms with van der Waals surface area (Å²) >= 11 is 5.91. The van der Waals surface area contributed by atoms with Crippen molar-refractivity contribution < 1.29 is 0 Å². The summed E-state index contributed by atoms with van der Waals surface area (Å²) in [6.45, 7) is 10.9. The predicted molar refractivity (Wildman–Crippen MR) is 188 cm³/mol. The first-order chi connectivity index (χ1) is 22.6. The number of halogens is 1. The van der Waals surface area contributed by atoms with Gasteiger partial charge in [-0.05, 0) is 61.3 Å². The molecular formula is C37H40ClN7O. The molecule has 0 saturated carbocycles. The van der Waals surface area contributed by atoms with Gasteiger partial charge in [0.05, 0.1) is 16.6 Å². The molecule has 5 heterocycles. The fourth-order valence-electron chi connectivity index (χ4n) is 5.65. The van der Waals surface area contributed by atoms with E-state index in [1.807, 2.05) is 64.1 Å². The van der Waals surface area contributed by atoms with Gasteiger partial charge in [-0.1, -0.05) is 93.9 Å². The van der Waals surface area contributed by atoms with Crippen LogP contribution in [0.1, 0.15) is 57.8 Å². The van der Waals surface area contributed by atoms with Crippen LogP contribution in [0.15, 0.2) is 96.1 Å². The summed E-state index contributed by atoms with van der Waals surface area (Å²) in [5.74, 6) is 1.94. The topological polar surface area (TPSA) is 103 Å². The van der Waals surface area contributed by atoms with Gasteiger partial charge in [0.15, 0.2) is 5.82 Å². The van der Waals surface area contributed by atoms with E-state index in [4.69, 9.17) is 21.6 Å². The van der Waals surface area contributed by atoms with Crippen LogP contribution in [0, 0.1) is 0 Å². The molecule has 0 bridgehead atoms. The Morgan fingerprint density at radius 3 is 2.26 bits per heavy atom. The molecule has 0 unspecified atom stereocenters. The summed E-state index contributed by atoms with van der Waals surface area (Å²) in [5, 5.41) is 8.58. The quantitative estimate of drug-likeness (QED) is 0.178. The molecule has 1 fully saturated rings. The van der Waals surface area contributed by atoms with Gasteiger partial charge in [0.2, 0.25) is 0 Å². The summed E-state index contributed by atoms with van der Waals surface area (Å²) in [4.78, 5) is 31.6. The average Bonchev–Trinajstić information content (AvgIpc) is 3.62. The fourth-order valence-corrected chi connectivity index (χ4v) is 5.76. The van der Waals surface area contributed by atoms with E-state index in [2.05, 4.69) is 61.5 Å². The van der Waals surface area contributed by atoms with Crippen molar-refractivity contribution in [3.05, 3.63) is 118 Å². The molecule has 1 saturated heterocycles. The van der Waals surface area contributed by atoms with Crippen LogP contribution < -0.4 is 5.56 Å². The maximum absolute atomic E-state index is 12.5. The second-order valence-electron chi connectivity index (χ2n) is 10.7. The smallest absolute Gasteiger partial charge is 0.257 e. The van der Waals surface area contributed by atoms with Crippen LogP contribution >= 0.6 is 11.6 Å². The van der Waals surface area contributed by atoms with Crippen molar-refractivity contribution in [3.63, 3.8) is 0 Å². The number of nitrogens with zero attached hydrogens (tertiary/aromatic N) is 5. The number of hydrogen-bond acceptors (Lipinski definition) is 6. The lowest BCUT2D eigenvalue weighted by molar-refractivity contribution is 0.202. The normalized spacial score (nSPS) is 13.4. The van der Waals surface area contributed by atoms with Crippen molar-refractivity contribution in [2.45, 2.75) is 53.0 Å². The van der Waals surface area contributed by atoms with Gasteiger partial charge in [0.25, 0.3) is 5.56 Å². The summed E-state index contributed by atoms with van der Waals surface area (Å²) in [5.41, 5.74) is 6.52. The molecule has 0 aliphatic carbocycles. The van der Waals surface area contributed by atoms with E-state index < -0.39 is 0 Å². The highest BCUT2D eigenvalue weighted by Crippen LogP contribution is 2.33. The average molecular weight is 634 g/mol. The standard InChI is InChI=1S/C33H28ClN7O.2C2H6/c34-29-11-10-25(19-36-29)32-38-31(39-40-32)24-13-16-41(17-14-24)20-21-6-8-23(9-7-21)30-26(22-4-2-1-3-5-22)18-27-28(37-30)12-15-35-33(27)42;2*1-2/h1-12,15,18-19,24H,13-14,16-17,20H2,(H,35,42)(H,38,39,40);2*1-2H3. The zero-order valence-electron chi connectivity index (χ0n) is 26.8. The first-order valence-electron chi connectivity index (χ1n) is 16.0. The summed E-state index contributed by atoms with van der Waals surface area (Å²) < 4.78 is 0.